The molecule has 1 aromatic carbocycles. The zero-order chi connectivity index (χ0) is 25.6. The van der Waals surface area contributed by atoms with Gasteiger partial charge in [0.25, 0.3) is 0 Å². The predicted octanol–water partition coefficient (Wildman–Crippen LogP) is 6.20. The number of aliphatic carboxylic acids is 1. The molecule has 3 rings (SSSR count). The van der Waals surface area contributed by atoms with E-state index in [0.29, 0.717) is 38.5 Å². The van der Waals surface area contributed by atoms with Crippen LogP contribution in [0.4, 0.5) is 0 Å². The zero-order valence-corrected chi connectivity index (χ0v) is 21.9. The fourth-order valence-electron chi connectivity index (χ4n) is 4.80. The molecule has 0 amide bonds. The summed E-state index contributed by atoms with van der Waals surface area (Å²) in [6.07, 6.45) is 9.84. The first-order chi connectivity index (χ1) is 16.6. The number of allylic oxidation sites excluding steroid dienone is 2. The van der Waals surface area contributed by atoms with Crippen LogP contribution in [0, 0.1) is 17.3 Å². The van der Waals surface area contributed by atoms with Gasteiger partial charge in [-0.05, 0) is 44.6 Å². The summed E-state index contributed by atoms with van der Waals surface area (Å²) in [4.78, 5) is 24.6. The number of carboxylic acids is 1. The van der Waals surface area contributed by atoms with E-state index in [0.717, 1.165) is 20.0 Å². The molecule has 7 heteroatoms. The normalized spacial score (nSPS) is 23.1. The first-order valence-electron chi connectivity index (χ1n) is 12.2. The van der Waals surface area contributed by atoms with Crippen molar-refractivity contribution in [3.8, 4) is 0 Å². The van der Waals surface area contributed by atoms with Gasteiger partial charge in [-0.1, -0.05) is 68.0 Å². The fraction of sp³-hybridized carbons (Fsp3) is 0.500. The van der Waals surface area contributed by atoms with E-state index in [-0.39, 0.29) is 24.0 Å². The molecule has 190 valence electrons. The molecule has 1 heterocycles. The van der Waals surface area contributed by atoms with Crippen LogP contribution in [0.3, 0.4) is 0 Å². The van der Waals surface area contributed by atoms with E-state index in [1.54, 1.807) is 31.3 Å². The van der Waals surface area contributed by atoms with E-state index in [2.05, 4.69) is 0 Å². The minimum absolute atomic E-state index is 0.0467. The van der Waals surface area contributed by atoms with Gasteiger partial charge in [0.2, 0.25) is 0 Å². The van der Waals surface area contributed by atoms with E-state index in [1.165, 1.54) is 0 Å². The lowest BCUT2D eigenvalue weighted by Crippen LogP contribution is -2.31. The number of Topliss-reactive ketones (excluding diaryl/α,β-unsaturated/α-hetero) is 1. The van der Waals surface area contributed by atoms with Gasteiger partial charge in [0.1, 0.15) is 5.78 Å². The lowest BCUT2D eigenvalue weighted by molar-refractivity contribution is -0.137. The molecule has 2 aromatic rings. The third-order valence-electron chi connectivity index (χ3n) is 6.94. The number of ketones is 1. The summed E-state index contributed by atoms with van der Waals surface area (Å²) in [6.45, 7) is 3.56. The molecule has 4 atom stereocenters. The monoisotopic (exact) mass is 518 g/mol. The van der Waals surface area contributed by atoms with E-state index >= 15 is 0 Å². The molecular weight excluding hydrogens is 484 g/mol. The summed E-state index contributed by atoms with van der Waals surface area (Å²) >= 11 is 8.16. The molecule has 0 bridgehead atoms. The van der Waals surface area contributed by atoms with E-state index in [1.807, 2.05) is 42.5 Å². The van der Waals surface area contributed by atoms with Gasteiger partial charge in [0.15, 0.2) is 0 Å². The Morgan fingerprint density at radius 2 is 1.94 bits per heavy atom. The highest BCUT2D eigenvalue weighted by atomic mass is 35.5. The zero-order valence-electron chi connectivity index (χ0n) is 20.3. The SMILES string of the molecule is CC1(C)C(=O)[C@H](CC/C=C\CCCC(=O)O)[C@@H](/C=C/C(O)CCc2sc3ccccc3c2Cl)[C@@H]1O. The molecule has 1 unspecified atom stereocenters. The summed E-state index contributed by atoms with van der Waals surface area (Å²) in [5, 5.41) is 32.0. The number of benzene rings is 1. The number of fused-ring (bicyclic) bond motifs is 1. The maximum Gasteiger partial charge on any atom is 0.303 e. The van der Waals surface area contributed by atoms with Gasteiger partial charge < -0.3 is 15.3 Å². The van der Waals surface area contributed by atoms with Gasteiger partial charge in [-0.25, -0.2) is 0 Å². The van der Waals surface area contributed by atoms with E-state index in [9.17, 15) is 19.8 Å². The number of hydrogen-bond acceptors (Lipinski definition) is 5. The van der Waals surface area contributed by atoms with Crippen molar-refractivity contribution in [1.82, 2.24) is 0 Å². The summed E-state index contributed by atoms with van der Waals surface area (Å²) in [5.74, 6) is -1.41. The highest BCUT2D eigenvalue weighted by Crippen LogP contribution is 2.45. The first kappa shape index (κ1) is 27.6. The van der Waals surface area contributed by atoms with Crippen molar-refractivity contribution in [3.63, 3.8) is 0 Å². The smallest absolute Gasteiger partial charge is 0.303 e. The van der Waals surface area contributed by atoms with Gasteiger partial charge in [-0.3, -0.25) is 9.59 Å². The van der Waals surface area contributed by atoms with Crippen molar-refractivity contribution in [3.05, 3.63) is 58.5 Å². The van der Waals surface area contributed by atoms with Crippen molar-refractivity contribution < 1.29 is 24.9 Å². The number of aliphatic hydroxyl groups is 2. The van der Waals surface area contributed by atoms with Crippen molar-refractivity contribution >= 4 is 44.8 Å². The average molecular weight is 519 g/mol. The van der Waals surface area contributed by atoms with Crippen LogP contribution in [0.2, 0.25) is 5.02 Å². The second-order valence-corrected chi connectivity index (χ2v) is 11.4. The Morgan fingerprint density at radius 3 is 2.66 bits per heavy atom. The maximum atomic E-state index is 13.0. The summed E-state index contributed by atoms with van der Waals surface area (Å²) in [6, 6.07) is 7.98. The van der Waals surface area contributed by atoms with E-state index in [4.69, 9.17) is 16.7 Å². The lowest BCUT2D eigenvalue weighted by Gasteiger charge is -2.22. The Balaban J connectivity index is 1.57. The van der Waals surface area contributed by atoms with Crippen molar-refractivity contribution in [1.29, 1.82) is 0 Å². The Bertz CT molecular complexity index is 1090. The highest BCUT2D eigenvalue weighted by Gasteiger charge is 2.52. The number of rotatable bonds is 12. The van der Waals surface area contributed by atoms with Gasteiger partial charge >= 0.3 is 5.97 Å². The van der Waals surface area contributed by atoms with Gasteiger partial charge in [0.05, 0.1) is 22.6 Å². The second-order valence-electron chi connectivity index (χ2n) is 9.88. The van der Waals surface area contributed by atoms with E-state index < -0.39 is 23.6 Å². The molecule has 1 aliphatic carbocycles. The molecule has 0 radical (unpaired) electrons. The van der Waals surface area contributed by atoms with Crippen LogP contribution in [-0.2, 0) is 16.0 Å². The Hall–Kier alpha value is -1.99. The second kappa shape index (κ2) is 12.3. The number of carbonyl (C=O) groups excluding carboxylic acids is 1. The number of unbranched alkanes of at least 4 members (excludes halogenated alkanes) is 1. The molecule has 0 spiro atoms. The van der Waals surface area contributed by atoms with Crippen LogP contribution in [0.15, 0.2) is 48.6 Å². The average Bonchev–Trinajstić information content (AvgIpc) is 3.22. The standard InChI is InChI=1S/C28H35ClO5S/c1-28(2)26(33)19(10-6-4-3-5-7-13-24(31)32)20(27(28)34)16-14-18(30)15-17-23-25(29)21-11-8-9-12-22(21)35-23/h3-4,8-9,11-12,14,16,18-20,27,30,34H,5-7,10,13,15,17H2,1-2H3,(H,31,32)/b4-3-,16-14+/t18?,19-,20-,27+/m1/s1. The van der Waals surface area contributed by atoms with Crippen LogP contribution in [0.1, 0.15) is 57.2 Å². The quantitative estimate of drug-likeness (QED) is 0.230. The van der Waals surface area contributed by atoms with Crippen LogP contribution >= 0.6 is 22.9 Å². The lowest BCUT2D eigenvalue weighted by atomic mass is 9.86. The molecular formula is C28H35ClO5S. The third kappa shape index (κ3) is 6.82. The third-order valence-corrected chi connectivity index (χ3v) is 8.71. The van der Waals surface area contributed by atoms with Crippen LogP contribution in [0.5, 0.6) is 0 Å². The number of aryl methyl sites for hydroxylation is 1. The summed E-state index contributed by atoms with van der Waals surface area (Å²) in [5.41, 5.74) is -0.833. The number of carboxylic acid groups (broad SMARTS) is 1. The molecule has 1 aliphatic rings. The summed E-state index contributed by atoms with van der Waals surface area (Å²) < 4.78 is 1.13. The molecule has 3 N–H and O–H groups in total. The molecule has 5 nitrogen and oxygen atoms in total. The van der Waals surface area contributed by atoms with Crippen molar-refractivity contribution in [2.75, 3.05) is 0 Å². The molecule has 1 fully saturated rings. The minimum Gasteiger partial charge on any atom is -0.481 e. The first-order valence-corrected chi connectivity index (χ1v) is 13.4. The van der Waals surface area contributed by atoms with Gasteiger partial charge in [0, 0.05) is 33.2 Å². The van der Waals surface area contributed by atoms with Gasteiger partial charge in [-0.2, -0.15) is 0 Å². The van der Waals surface area contributed by atoms with Crippen molar-refractivity contribution in [2.45, 2.75) is 71.0 Å². The molecule has 0 saturated heterocycles. The Kier molecular flexibility index (Phi) is 9.70. The predicted molar refractivity (Wildman–Crippen MR) is 142 cm³/mol. The highest BCUT2D eigenvalue weighted by molar-refractivity contribution is 7.19. The van der Waals surface area contributed by atoms with Gasteiger partial charge in [-0.15, -0.1) is 11.3 Å². The van der Waals surface area contributed by atoms with Crippen LogP contribution in [-0.4, -0.2) is 39.3 Å². The number of thiophene rings is 1. The Labute approximate surface area is 216 Å². The fourth-order valence-corrected chi connectivity index (χ4v) is 6.34. The molecule has 35 heavy (non-hydrogen) atoms. The number of aliphatic hydroxyl groups excluding tert-OH is 2. The summed E-state index contributed by atoms with van der Waals surface area (Å²) in [7, 11) is 0. The number of hydrogen-bond donors (Lipinski definition) is 3. The van der Waals surface area contributed by atoms with Crippen LogP contribution < -0.4 is 0 Å². The van der Waals surface area contributed by atoms with Crippen LogP contribution in [0.25, 0.3) is 10.1 Å². The molecule has 0 aliphatic heterocycles. The minimum atomic E-state index is -0.833. The number of halogens is 1. The Morgan fingerprint density at radius 1 is 1.23 bits per heavy atom. The largest absolute Gasteiger partial charge is 0.481 e. The molecule has 1 saturated carbocycles. The number of carbonyl (C=O) groups is 2. The maximum absolute atomic E-state index is 13.0. The molecule has 1 aromatic heterocycles. The van der Waals surface area contributed by atoms with Crippen molar-refractivity contribution in [2.24, 2.45) is 17.3 Å². The topological polar surface area (TPSA) is 94.8 Å².